The van der Waals surface area contributed by atoms with E-state index in [9.17, 15) is 17.6 Å². The zero-order valence-corrected chi connectivity index (χ0v) is 21.0. The number of carbonyl (C=O) groups excluding carboxylic acids is 1. The predicted octanol–water partition coefficient (Wildman–Crippen LogP) is 3.74. The van der Waals surface area contributed by atoms with Crippen molar-refractivity contribution in [1.29, 1.82) is 0 Å². The molecule has 9 nitrogen and oxygen atoms in total. The van der Waals surface area contributed by atoms with Crippen molar-refractivity contribution < 1.29 is 31.6 Å². The number of piperidine rings is 1. The maximum absolute atomic E-state index is 14.0. The number of halogens is 1. The quantitative estimate of drug-likeness (QED) is 0.498. The Morgan fingerprint density at radius 2 is 1.89 bits per heavy atom. The van der Waals surface area contributed by atoms with E-state index in [0.717, 1.165) is 5.56 Å². The lowest BCUT2D eigenvalue weighted by Crippen LogP contribution is -2.43. The molecule has 1 fully saturated rings. The number of nitrogens with one attached hydrogen (secondary N) is 1. The fourth-order valence-corrected chi connectivity index (χ4v) is 6.17. The van der Waals surface area contributed by atoms with Gasteiger partial charge in [0.25, 0.3) is 0 Å². The molecule has 0 bridgehead atoms. The van der Waals surface area contributed by atoms with Crippen LogP contribution in [0.15, 0.2) is 51.9 Å². The van der Waals surface area contributed by atoms with Crippen LogP contribution in [0.1, 0.15) is 35.4 Å². The minimum atomic E-state index is -3.93. The van der Waals surface area contributed by atoms with Gasteiger partial charge in [0, 0.05) is 31.1 Å². The SMILES string of the molecule is Cc1noc(C=Cc2ccccc2F)c1S(=O)(=O)N1CCC(C(=O)NCc2ccc3c(c2)OCO3)CC1. The highest BCUT2D eigenvalue weighted by atomic mass is 32.2. The van der Waals surface area contributed by atoms with Crippen molar-refractivity contribution >= 4 is 28.1 Å². The molecule has 0 aliphatic carbocycles. The summed E-state index contributed by atoms with van der Waals surface area (Å²) in [4.78, 5) is 12.7. The van der Waals surface area contributed by atoms with E-state index >= 15 is 0 Å². The first-order chi connectivity index (χ1) is 17.8. The summed E-state index contributed by atoms with van der Waals surface area (Å²) in [6.45, 7) is 2.44. The van der Waals surface area contributed by atoms with Crippen LogP contribution in [0.3, 0.4) is 0 Å². The molecule has 2 aliphatic heterocycles. The minimum absolute atomic E-state index is 0.0318. The van der Waals surface area contributed by atoms with Gasteiger partial charge in [0.1, 0.15) is 11.5 Å². The molecule has 2 aromatic carbocycles. The van der Waals surface area contributed by atoms with E-state index in [2.05, 4.69) is 10.5 Å². The summed E-state index contributed by atoms with van der Waals surface area (Å²) in [5.74, 6) is 0.506. The summed E-state index contributed by atoms with van der Waals surface area (Å²) in [6.07, 6.45) is 3.63. The maximum Gasteiger partial charge on any atom is 0.248 e. The Morgan fingerprint density at radius 3 is 2.68 bits per heavy atom. The third kappa shape index (κ3) is 5.23. The van der Waals surface area contributed by atoms with Gasteiger partial charge in [0.15, 0.2) is 22.2 Å². The number of amides is 1. The van der Waals surface area contributed by atoms with E-state index < -0.39 is 15.8 Å². The highest BCUT2D eigenvalue weighted by Gasteiger charge is 2.36. The number of ether oxygens (including phenoxy) is 2. The first-order valence-corrected chi connectivity index (χ1v) is 13.3. The van der Waals surface area contributed by atoms with E-state index in [-0.39, 0.29) is 48.1 Å². The molecule has 0 unspecified atom stereocenters. The lowest BCUT2D eigenvalue weighted by Gasteiger charge is -2.30. The molecule has 3 heterocycles. The first kappa shape index (κ1) is 25.0. The summed E-state index contributed by atoms with van der Waals surface area (Å²) in [5.41, 5.74) is 1.40. The van der Waals surface area contributed by atoms with Gasteiger partial charge in [-0.15, -0.1) is 0 Å². The van der Waals surface area contributed by atoms with Crippen molar-refractivity contribution in [2.24, 2.45) is 5.92 Å². The van der Waals surface area contributed by atoms with Gasteiger partial charge < -0.3 is 19.3 Å². The zero-order valence-electron chi connectivity index (χ0n) is 20.1. The highest BCUT2D eigenvalue weighted by Crippen LogP contribution is 2.33. The van der Waals surface area contributed by atoms with E-state index in [0.29, 0.717) is 36.4 Å². The number of carbonyl (C=O) groups is 1. The molecule has 0 radical (unpaired) electrons. The molecule has 37 heavy (non-hydrogen) atoms. The van der Waals surface area contributed by atoms with E-state index in [1.165, 1.54) is 22.5 Å². The van der Waals surface area contributed by atoms with Gasteiger partial charge in [0.05, 0.1) is 0 Å². The summed E-state index contributed by atoms with van der Waals surface area (Å²) < 4.78 is 58.1. The first-order valence-electron chi connectivity index (χ1n) is 11.9. The molecule has 1 aromatic heterocycles. The number of aromatic nitrogens is 1. The number of aryl methyl sites for hydroxylation is 1. The standard InChI is InChI=1S/C26H26FN3O6S/c1-17-25(23(36-29-17)9-7-19-4-2-3-5-21(19)27)37(32,33)30-12-10-20(11-13-30)26(31)28-15-18-6-8-22-24(14-18)35-16-34-22/h2-9,14,20H,10-13,15-16H2,1H3,(H,28,31). The number of hydrogen-bond donors (Lipinski definition) is 1. The number of nitrogens with zero attached hydrogens (tertiary/aromatic N) is 2. The molecule has 1 N–H and O–H groups in total. The molecule has 1 saturated heterocycles. The van der Waals surface area contributed by atoms with E-state index in [1.54, 1.807) is 31.2 Å². The van der Waals surface area contributed by atoms with Gasteiger partial charge in [0.2, 0.25) is 22.7 Å². The Kier molecular flexibility index (Phi) is 6.98. The third-order valence-electron chi connectivity index (χ3n) is 6.48. The van der Waals surface area contributed by atoms with Crippen LogP contribution < -0.4 is 14.8 Å². The largest absolute Gasteiger partial charge is 0.454 e. The number of rotatable bonds is 7. The molecular weight excluding hydrogens is 501 g/mol. The van der Waals surface area contributed by atoms with Gasteiger partial charge in [-0.3, -0.25) is 4.79 Å². The lowest BCUT2D eigenvalue weighted by molar-refractivity contribution is -0.126. The Bertz CT molecular complexity index is 1440. The van der Waals surface area contributed by atoms with Crippen molar-refractivity contribution in [2.45, 2.75) is 31.2 Å². The summed E-state index contributed by atoms with van der Waals surface area (Å²) in [7, 11) is -3.93. The molecule has 194 valence electrons. The molecule has 1 amide bonds. The summed E-state index contributed by atoms with van der Waals surface area (Å²) in [5, 5.41) is 6.75. The number of fused-ring (bicyclic) bond motifs is 1. The highest BCUT2D eigenvalue weighted by molar-refractivity contribution is 7.89. The maximum atomic E-state index is 14.0. The topological polar surface area (TPSA) is 111 Å². The van der Waals surface area contributed by atoms with Crippen LogP contribution in [-0.2, 0) is 21.4 Å². The van der Waals surface area contributed by atoms with Crippen molar-refractivity contribution in [2.75, 3.05) is 19.9 Å². The van der Waals surface area contributed by atoms with Gasteiger partial charge in [-0.2, -0.15) is 4.31 Å². The zero-order chi connectivity index (χ0) is 26.0. The van der Waals surface area contributed by atoms with Crippen LogP contribution in [-0.4, -0.2) is 43.7 Å². The number of hydrogen-bond acceptors (Lipinski definition) is 7. The van der Waals surface area contributed by atoms with Crippen LogP contribution in [0.5, 0.6) is 11.5 Å². The van der Waals surface area contributed by atoms with Crippen LogP contribution in [0, 0.1) is 18.7 Å². The van der Waals surface area contributed by atoms with Gasteiger partial charge in [-0.1, -0.05) is 29.4 Å². The third-order valence-corrected chi connectivity index (χ3v) is 8.54. The molecule has 2 aliphatic rings. The second-order valence-corrected chi connectivity index (χ2v) is 10.8. The molecule has 3 aromatic rings. The molecule has 5 rings (SSSR count). The molecule has 0 saturated carbocycles. The van der Waals surface area contributed by atoms with Crippen LogP contribution in [0.25, 0.3) is 12.2 Å². The fourth-order valence-electron chi connectivity index (χ4n) is 4.45. The Hall–Kier alpha value is -3.70. The van der Waals surface area contributed by atoms with Crippen LogP contribution in [0.2, 0.25) is 0 Å². The fraction of sp³-hybridized carbons (Fsp3) is 0.308. The monoisotopic (exact) mass is 527 g/mol. The van der Waals surface area contributed by atoms with Gasteiger partial charge >= 0.3 is 0 Å². The lowest BCUT2D eigenvalue weighted by atomic mass is 9.97. The van der Waals surface area contributed by atoms with Gasteiger partial charge in [-0.05, 0) is 55.7 Å². The van der Waals surface area contributed by atoms with E-state index in [1.807, 2.05) is 12.1 Å². The number of sulfonamides is 1. The van der Waals surface area contributed by atoms with Crippen molar-refractivity contribution in [3.8, 4) is 11.5 Å². The van der Waals surface area contributed by atoms with Gasteiger partial charge in [-0.25, -0.2) is 12.8 Å². The van der Waals surface area contributed by atoms with Crippen molar-refractivity contribution in [3.63, 3.8) is 0 Å². The smallest absolute Gasteiger partial charge is 0.248 e. The van der Waals surface area contributed by atoms with Crippen molar-refractivity contribution in [1.82, 2.24) is 14.8 Å². The Morgan fingerprint density at radius 1 is 1.14 bits per heavy atom. The van der Waals surface area contributed by atoms with Crippen LogP contribution in [0.4, 0.5) is 4.39 Å². The number of benzene rings is 2. The molecule has 0 atom stereocenters. The minimum Gasteiger partial charge on any atom is -0.454 e. The normalized spacial score (nSPS) is 16.4. The molecule has 0 spiro atoms. The molecule has 11 heteroatoms. The predicted molar refractivity (Wildman–Crippen MR) is 132 cm³/mol. The Labute approximate surface area is 213 Å². The second-order valence-electron chi connectivity index (χ2n) is 8.90. The van der Waals surface area contributed by atoms with Crippen LogP contribution >= 0.6 is 0 Å². The average Bonchev–Trinajstić information content (AvgIpc) is 3.53. The summed E-state index contributed by atoms with van der Waals surface area (Å²) >= 11 is 0. The summed E-state index contributed by atoms with van der Waals surface area (Å²) in [6, 6.07) is 11.6. The molecular formula is C26H26FN3O6S. The average molecular weight is 528 g/mol. The van der Waals surface area contributed by atoms with Crippen molar-refractivity contribution in [3.05, 3.63) is 70.9 Å². The van der Waals surface area contributed by atoms with E-state index in [4.69, 9.17) is 14.0 Å². The second kappa shape index (κ2) is 10.3. The Balaban J connectivity index is 1.21.